The smallest absolute Gasteiger partial charge is 0.313 e. The van der Waals surface area contributed by atoms with Gasteiger partial charge in [-0.2, -0.15) is 0 Å². The second-order valence-corrected chi connectivity index (χ2v) is 15.1. The van der Waals surface area contributed by atoms with E-state index < -0.39 is 65.8 Å². The van der Waals surface area contributed by atoms with Crippen molar-refractivity contribution < 1.29 is 33.8 Å². The van der Waals surface area contributed by atoms with Crippen LogP contribution in [0.1, 0.15) is 63.3 Å². The fourth-order valence-corrected chi connectivity index (χ4v) is 8.54. The first-order chi connectivity index (χ1) is 23.4. The van der Waals surface area contributed by atoms with Crippen LogP contribution in [0.4, 0.5) is 0 Å². The van der Waals surface area contributed by atoms with Crippen molar-refractivity contribution in [2.45, 2.75) is 80.3 Å². The fraction of sp³-hybridized carbons (Fsp3) is 0.474. The van der Waals surface area contributed by atoms with Crippen LogP contribution in [0.15, 0.2) is 86.0 Å². The van der Waals surface area contributed by atoms with Crippen molar-refractivity contribution in [2.75, 3.05) is 19.7 Å². The molecule has 0 aliphatic carbocycles. The van der Waals surface area contributed by atoms with Gasteiger partial charge in [-0.1, -0.05) is 88.7 Å². The van der Waals surface area contributed by atoms with Gasteiger partial charge in [-0.15, -0.1) is 13.2 Å². The summed E-state index contributed by atoms with van der Waals surface area (Å²) in [5, 5.41) is 13.7. The minimum atomic E-state index is -1.37. The van der Waals surface area contributed by atoms with Crippen molar-refractivity contribution >= 4 is 39.6 Å². The molecular formula is C38H46BrN3O7. The maximum Gasteiger partial charge on any atom is 0.313 e. The number of amides is 3. The second kappa shape index (κ2) is 15.0. The van der Waals surface area contributed by atoms with Gasteiger partial charge in [-0.05, 0) is 44.7 Å². The topological polar surface area (TPSA) is 125 Å². The highest BCUT2D eigenvalue weighted by molar-refractivity contribution is 9.09. The van der Waals surface area contributed by atoms with Gasteiger partial charge < -0.3 is 29.7 Å². The Kier molecular flexibility index (Phi) is 11.2. The van der Waals surface area contributed by atoms with E-state index in [4.69, 9.17) is 9.47 Å². The van der Waals surface area contributed by atoms with Crippen molar-refractivity contribution in [3.05, 3.63) is 97.1 Å². The molecule has 262 valence electrons. The van der Waals surface area contributed by atoms with Gasteiger partial charge in [0.15, 0.2) is 0 Å². The average molecular weight is 737 g/mol. The predicted octanol–water partition coefficient (Wildman–Crippen LogP) is 4.65. The molecule has 1 spiro atoms. The molecule has 3 amide bonds. The van der Waals surface area contributed by atoms with Crippen LogP contribution in [0.5, 0.6) is 0 Å². The summed E-state index contributed by atoms with van der Waals surface area (Å²) in [4.78, 5) is 59.3. The Morgan fingerprint density at radius 1 is 1.10 bits per heavy atom. The van der Waals surface area contributed by atoms with Crippen LogP contribution < -0.4 is 5.32 Å². The summed E-state index contributed by atoms with van der Waals surface area (Å²) >= 11 is 3.73. The summed E-state index contributed by atoms with van der Waals surface area (Å²) in [6.07, 6.45) is 2.77. The molecule has 10 nitrogen and oxygen atoms in total. The van der Waals surface area contributed by atoms with Crippen molar-refractivity contribution in [1.29, 1.82) is 0 Å². The van der Waals surface area contributed by atoms with Crippen LogP contribution in [0, 0.1) is 11.8 Å². The highest BCUT2D eigenvalue weighted by Crippen LogP contribution is 2.61. The van der Waals surface area contributed by atoms with E-state index in [0.717, 1.165) is 0 Å². The highest BCUT2D eigenvalue weighted by Gasteiger charge is 2.78. The number of esters is 1. The molecule has 3 aliphatic rings. The number of nitrogens with one attached hydrogen (secondary N) is 1. The van der Waals surface area contributed by atoms with Crippen molar-refractivity contribution in [1.82, 2.24) is 15.1 Å². The molecule has 3 heterocycles. The summed E-state index contributed by atoms with van der Waals surface area (Å²) < 4.78 is 12.9. The van der Waals surface area contributed by atoms with Crippen molar-refractivity contribution in [3.63, 3.8) is 0 Å². The molecule has 3 fully saturated rings. The Morgan fingerprint density at radius 2 is 1.73 bits per heavy atom. The number of nitrogens with zero attached hydrogens (tertiary/aromatic N) is 2. The van der Waals surface area contributed by atoms with E-state index in [-0.39, 0.29) is 36.2 Å². The summed E-state index contributed by atoms with van der Waals surface area (Å²) in [5.41, 5.74) is -0.682. The Hall–Kier alpha value is -3.80. The number of hydrogen-bond donors (Lipinski definition) is 2. The molecule has 0 aromatic heterocycles. The Morgan fingerprint density at radius 3 is 2.31 bits per heavy atom. The van der Waals surface area contributed by atoms with Crippen LogP contribution in [-0.2, 0) is 28.7 Å². The number of benzene rings is 2. The zero-order valence-corrected chi connectivity index (χ0v) is 29.9. The van der Waals surface area contributed by atoms with Crippen LogP contribution in [0.25, 0.3) is 0 Å². The van der Waals surface area contributed by atoms with Gasteiger partial charge >= 0.3 is 5.97 Å². The predicted molar refractivity (Wildman–Crippen MR) is 188 cm³/mol. The summed E-state index contributed by atoms with van der Waals surface area (Å²) in [6.45, 7) is 13.1. The minimum Gasteiger partial charge on any atom is -0.455 e. The number of fused-ring (bicyclic) bond motifs is 1. The summed E-state index contributed by atoms with van der Waals surface area (Å²) in [7, 11) is 0. The summed E-state index contributed by atoms with van der Waals surface area (Å²) in [6, 6.07) is 16.1. The lowest BCUT2D eigenvalue weighted by Gasteiger charge is -2.43. The van der Waals surface area contributed by atoms with E-state index in [1.165, 1.54) is 4.90 Å². The maximum absolute atomic E-state index is 14.8. The monoisotopic (exact) mass is 735 g/mol. The number of alkyl halides is 1. The maximum atomic E-state index is 14.8. The normalized spacial score (nSPS) is 26.8. The Labute approximate surface area is 296 Å². The molecule has 0 saturated carbocycles. The lowest BCUT2D eigenvalue weighted by molar-refractivity contribution is -0.161. The first-order valence-electron chi connectivity index (χ1n) is 16.7. The number of aliphatic hydroxyl groups excluding tert-OH is 1. The second-order valence-electron chi connectivity index (χ2n) is 13.9. The van der Waals surface area contributed by atoms with Gasteiger partial charge in [-0.25, -0.2) is 0 Å². The van der Waals surface area contributed by atoms with Crippen molar-refractivity contribution in [2.24, 2.45) is 11.8 Å². The lowest BCUT2D eigenvalue weighted by Crippen LogP contribution is -2.60. The molecule has 2 N–H and O–H groups in total. The first kappa shape index (κ1) is 36.5. The van der Waals surface area contributed by atoms with E-state index in [1.807, 2.05) is 69.3 Å². The quantitative estimate of drug-likeness (QED) is 0.165. The summed E-state index contributed by atoms with van der Waals surface area (Å²) in [5.74, 6) is -3.76. The zero-order valence-electron chi connectivity index (χ0n) is 28.3. The van der Waals surface area contributed by atoms with Crippen molar-refractivity contribution in [3.8, 4) is 0 Å². The molecule has 3 aliphatic heterocycles. The minimum absolute atomic E-state index is 0.0292. The largest absolute Gasteiger partial charge is 0.455 e. The fourth-order valence-electron chi connectivity index (χ4n) is 7.59. The molecule has 0 radical (unpaired) electrons. The van der Waals surface area contributed by atoms with Gasteiger partial charge in [0, 0.05) is 23.3 Å². The molecule has 2 bridgehead atoms. The highest BCUT2D eigenvalue weighted by atomic mass is 79.9. The van der Waals surface area contributed by atoms with Crippen LogP contribution in [-0.4, -0.2) is 86.4 Å². The molecule has 5 rings (SSSR count). The van der Waals surface area contributed by atoms with Crippen LogP contribution >= 0.6 is 15.9 Å². The number of rotatable bonds is 14. The van der Waals surface area contributed by atoms with Gasteiger partial charge in [0.1, 0.15) is 17.7 Å². The molecule has 8 atom stereocenters. The molecule has 1 unspecified atom stereocenters. The third-order valence-electron chi connectivity index (χ3n) is 9.80. The van der Waals surface area contributed by atoms with Gasteiger partial charge in [0.25, 0.3) is 0 Å². The third kappa shape index (κ3) is 6.98. The number of hydrogen-bond acceptors (Lipinski definition) is 7. The third-order valence-corrected chi connectivity index (χ3v) is 10.6. The number of carbonyl (C=O) groups is 4. The number of likely N-dealkylation sites (tertiary alicyclic amines) is 1. The number of halogens is 1. The average Bonchev–Trinajstić information content (AvgIpc) is 3.68. The number of aliphatic hydroxyl groups is 1. The van der Waals surface area contributed by atoms with E-state index in [0.29, 0.717) is 24.0 Å². The molecule has 2 aromatic rings. The number of allylic oxidation sites excluding steroid dienone is 1. The van der Waals surface area contributed by atoms with E-state index in [2.05, 4.69) is 34.4 Å². The van der Waals surface area contributed by atoms with Gasteiger partial charge in [0.2, 0.25) is 17.7 Å². The Bertz CT molecular complexity index is 1550. The van der Waals surface area contributed by atoms with Crippen LogP contribution in [0.3, 0.4) is 0 Å². The standard InChI is InChI=1S/C38H46BrN3O7/c1-6-8-19-29(44)40-22-28(25-17-13-10-14-18-25)48-36(47)30-31-34(45)42(27(23-43)24-15-11-9-12-16-24)33(38(31)21-26(39)32(30)49-38)35(46)41(20-7-2)37(3,4)5/h6-7,9-18,26-28,30-33,43H,1-2,8,19-23H2,3-5H3,(H,40,44)/t26?,27-,28+,30-,31+,32-,33-,38+/m1/s1. The molecule has 49 heavy (non-hydrogen) atoms. The molecule has 3 saturated heterocycles. The van der Waals surface area contributed by atoms with E-state index in [9.17, 15) is 24.3 Å². The molecular weight excluding hydrogens is 690 g/mol. The van der Waals surface area contributed by atoms with Gasteiger partial charge in [-0.3, -0.25) is 19.2 Å². The number of carbonyl (C=O) groups excluding carboxylic acids is 4. The number of ether oxygens (including phenoxy) is 2. The molecule has 11 heteroatoms. The van der Waals surface area contributed by atoms with Crippen LogP contribution in [0.2, 0.25) is 0 Å². The zero-order chi connectivity index (χ0) is 35.5. The first-order valence-corrected chi connectivity index (χ1v) is 17.7. The molecule has 2 aromatic carbocycles. The van der Waals surface area contributed by atoms with Gasteiger partial charge in [0.05, 0.1) is 37.1 Å². The van der Waals surface area contributed by atoms with E-state index in [1.54, 1.807) is 29.2 Å². The van der Waals surface area contributed by atoms with E-state index >= 15 is 0 Å². The lowest BCUT2D eigenvalue weighted by atomic mass is 9.70. The SMILES string of the molecule is C=CCCC(=O)NC[C@H](OC(=O)[C@H]1[C@@H]2O[C@@]3(CC2Br)[C@@H]1C(=O)N([C@H](CO)c1ccccc1)[C@@H]3C(=O)N(CC=C)C(C)(C)C)c1ccccc1. The Balaban J connectivity index is 1.55.